The Hall–Kier alpha value is -2.27. The molecule has 2 aromatic rings. The first-order valence-electron chi connectivity index (χ1n) is 6.40. The fraction of sp³-hybridized carbons (Fsp3) is 0.133. The number of anilines is 2. The third-order valence-electron chi connectivity index (χ3n) is 3.12. The average molecular weight is 307 g/mol. The molecule has 0 aromatic heterocycles. The third-order valence-corrected chi connectivity index (χ3v) is 3.41. The molecule has 2 N–H and O–H groups in total. The van der Waals surface area contributed by atoms with Crippen LogP contribution in [0.2, 0.25) is 5.02 Å². The van der Waals surface area contributed by atoms with E-state index in [1.807, 2.05) is 12.1 Å². The van der Waals surface area contributed by atoms with Gasteiger partial charge in [-0.1, -0.05) is 11.6 Å². The van der Waals surface area contributed by atoms with Gasteiger partial charge in [-0.2, -0.15) is 0 Å². The highest BCUT2D eigenvalue weighted by molar-refractivity contribution is 6.31. The van der Waals surface area contributed by atoms with Crippen LogP contribution in [0.25, 0.3) is 0 Å². The molecule has 0 saturated carbocycles. The molecule has 0 bridgehead atoms. The van der Waals surface area contributed by atoms with Gasteiger partial charge in [0.2, 0.25) is 0 Å². The van der Waals surface area contributed by atoms with Gasteiger partial charge >= 0.3 is 6.03 Å². The number of nitrogens with one attached hydrogen (secondary N) is 2. The summed E-state index contributed by atoms with van der Waals surface area (Å²) in [5, 5.41) is 5.27. The minimum absolute atomic E-state index is 0.0394. The lowest BCUT2D eigenvalue weighted by molar-refractivity contribution is 0.262. The van der Waals surface area contributed by atoms with E-state index in [9.17, 15) is 9.18 Å². The monoisotopic (exact) mass is 306 g/mol. The minimum Gasteiger partial charge on any atom is -0.493 e. The van der Waals surface area contributed by atoms with Gasteiger partial charge in [-0.05, 0) is 42.0 Å². The van der Waals surface area contributed by atoms with Gasteiger partial charge in [-0.15, -0.1) is 0 Å². The summed E-state index contributed by atoms with van der Waals surface area (Å²) in [4.78, 5) is 11.9. The molecule has 0 aliphatic carbocycles. The molecular formula is C15H12ClFN2O2. The van der Waals surface area contributed by atoms with Crippen molar-refractivity contribution in [2.75, 3.05) is 17.2 Å². The highest BCUT2D eigenvalue weighted by Crippen LogP contribution is 2.28. The molecule has 2 amide bonds. The van der Waals surface area contributed by atoms with Crippen molar-refractivity contribution in [1.29, 1.82) is 0 Å². The van der Waals surface area contributed by atoms with Gasteiger partial charge in [0, 0.05) is 17.8 Å². The van der Waals surface area contributed by atoms with E-state index in [-0.39, 0.29) is 5.02 Å². The molecule has 0 unspecified atom stereocenters. The summed E-state index contributed by atoms with van der Waals surface area (Å²) in [7, 11) is 0. The van der Waals surface area contributed by atoms with Crippen molar-refractivity contribution >= 4 is 29.0 Å². The molecule has 4 nitrogen and oxygen atoms in total. The van der Waals surface area contributed by atoms with Crippen molar-refractivity contribution in [2.45, 2.75) is 6.42 Å². The Morgan fingerprint density at radius 2 is 1.86 bits per heavy atom. The predicted molar refractivity (Wildman–Crippen MR) is 79.7 cm³/mol. The second kappa shape index (κ2) is 5.61. The number of rotatable bonds is 2. The number of ether oxygens (including phenoxy) is 1. The van der Waals surface area contributed by atoms with Gasteiger partial charge in [0.05, 0.1) is 11.6 Å². The normalized spacial score (nSPS) is 12.5. The second-order valence-corrected chi connectivity index (χ2v) is 5.04. The number of amides is 2. The Morgan fingerprint density at radius 3 is 2.62 bits per heavy atom. The van der Waals surface area contributed by atoms with Crippen LogP contribution in [0.15, 0.2) is 36.4 Å². The summed E-state index contributed by atoms with van der Waals surface area (Å²) < 4.78 is 18.4. The first kappa shape index (κ1) is 13.7. The quantitative estimate of drug-likeness (QED) is 0.879. The number of urea groups is 1. The van der Waals surface area contributed by atoms with E-state index in [0.29, 0.717) is 18.0 Å². The molecule has 1 heterocycles. The summed E-state index contributed by atoms with van der Waals surface area (Å²) in [5.74, 6) is 0.326. The molecular weight excluding hydrogens is 295 g/mol. The Labute approximate surface area is 125 Å². The zero-order valence-electron chi connectivity index (χ0n) is 11.0. The maximum absolute atomic E-state index is 13.0. The lowest BCUT2D eigenvalue weighted by atomic mass is 10.1. The molecule has 0 spiro atoms. The fourth-order valence-corrected chi connectivity index (χ4v) is 2.31. The van der Waals surface area contributed by atoms with E-state index >= 15 is 0 Å². The molecule has 0 fully saturated rings. The molecule has 108 valence electrons. The van der Waals surface area contributed by atoms with Crippen LogP contribution in [0, 0.1) is 5.82 Å². The lowest BCUT2D eigenvalue weighted by Crippen LogP contribution is -2.19. The summed E-state index contributed by atoms with van der Waals surface area (Å²) in [6, 6.07) is 9.04. The Balaban J connectivity index is 1.67. The molecule has 1 aliphatic rings. The van der Waals surface area contributed by atoms with Crippen LogP contribution < -0.4 is 15.4 Å². The molecule has 3 rings (SSSR count). The maximum Gasteiger partial charge on any atom is 0.323 e. The smallest absolute Gasteiger partial charge is 0.323 e. The van der Waals surface area contributed by atoms with E-state index in [2.05, 4.69) is 10.6 Å². The van der Waals surface area contributed by atoms with Crippen molar-refractivity contribution in [3.05, 3.63) is 52.8 Å². The van der Waals surface area contributed by atoms with Crippen LogP contribution >= 0.6 is 11.6 Å². The topological polar surface area (TPSA) is 50.4 Å². The Bertz CT molecular complexity index is 706. The van der Waals surface area contributed by atoms with Gasteiger partial charge in [0.15, 0.2) is 0 Å². The van der Waals surface area contributed by atoms with Crippen LogP contribution in [-0.4, -0.2) is 12.6 Å². The number of hydrogen-bond acceptors (Lipinski definition) is 2. The zero-order valence-corrected chi connectivity index (χ0v) is 11.7. The molecule has 6 heteroatoms. The summed E-state index contributed by atoms with van der Waals surface area (Å²) in [6.45, 7) is 0.666. The molecule has 0 radical (unpaired) electrons. The largest absolute Gasteiger partial charge is 0.493 e. The molecule has 21 heavy (non-hydrogen) atoms. The Kier molecular flexibility index (Phi) is 3.66. The van der Waals surface area contributed by atoms with E-state index in [1.165, 1.54) is 18.2 Å². The van der Waals surface area contributed by atoms with E-state index in [1.54, 1.807) is 6.07 Å². The number of hydrogen-bond donors (Lipinski definition) is 2. The standard InChI is InChI=1S/C15H12ClFN2O2/c16-12-8-11(1-3-13(12)17)19-15(20)18-10-2-4-14-9(7-10)5-6-21-14/h1-4,7-8H,5-6H2,(H2,18,19,20). The predicted octanol–water partition coefficient (Wildman–Crippen LogP) is 4.06. The average Bonchev–Trinajstić information content (AvgIpc) is 2.90. The van der Waals surface area contributed by atoms with Crippen LogP contribution in [0.5, 0.6) is 5.75 Å². The van der Waals surface area contributed by atoms with Crippen LogP contribution in [-0.2, 0) is 6.42 Å². The number of carbonyl (C=O) groups excluding carboxylic acids is 1. The van der Waals surface area contributed by atoms with E-state index < -0.39 is 11.8 Å². The van der Waals surface area contributed by atoms with Gasteiger partial charge in [0.1, 0.15) is 11.6 Å². The molecule has 1 aliphatic heterocycles. The highest BCUT2D eigenvalue weighted by atomic mass is 35.5. The molecule has 2 aromatic carbocycles. The van der Waals surface area contributed by atoms with Crippen LogP contribution in [0.1, 0.15) is 5.56 Å². The van der Waals surface area contributed by atoms with Crippen molar-refractivity contribution in [1.82, 2.24) is 0 Å². The highest BCUT2D eigenvalue weighted by Gasteiger charge is 2.13. The summed E-state index contributed by atoms with van der Waals surface area (Å²) in [5.41, 5.74) is 2.16. The van der Waals surface area contributed by atoms with Crippen LogP contribution in [0.3, 0.4) is 0 Å². The lowest BCUT2D eigenvalue weighted by Gasteiger charge is -2.09. The zero-order chi connectivity index (χ0) is 14.8. The SMILES string of the molecule is O=C(Nc1ccc(F)c(Cl)c1)Nc1ccc2c(c1)CCO2. The minimum atomic E-state index is -0.527. The number of halogens is 2. The van der Waals surface area contributed by atoms with Crippen molar-refractivity contribution in [3.63, 3.8) is 0 Å². The van der Waals surface area contributed by atoms with E-state index in [4.69, 9.17) is 16.3 Å². The van der Waals surface area contributed by atoms with Gasteiger partial charge in [-0.3, -0.25) is 0 Å². The number of carbonyl (C=O) groups is 1. The van der Waals surface area contributed by atoms with Crippen molar-refractivity contribution < 1.29 is 13.9 Å². The summed E-state index contributed by atoms with van der Waals surface area (Å²) in [6.07, 6.45) is 0.833. The Morgan fingerprint density at radius 1 is 1.14 bits per heavy atom. The molecule has 0 saturated heterocycles. The number of benzene rings is 2. The second-order valence-electron chi connectivity index (χ2n) is 4.63. The first-order valence-corrected chi connectivity index (χ1v) is 6.78. The van der Waals surface area contributed by atoms with Gasteiger partial charge in [0.25, 0.3) is 0 Å². The van der Waals surface area contributed by atoms with Gasteiger partial charge in [-0.25, -0.2) is 9.18 Å². The number of fused-ring (bicyclic) bond motifs is 1. The molecule has 0 atom stereocenters. The van der Waals surface area contributed by atoms with E-state index in [0.717, 1.165) is 17.7 Å². The van der Waals surface area contributed by atoms with Crippen molar-refractivity contribution in [2.24, 2.45) is 0 Å². The fourth-order valence-electron chi connectivity index (χ4n) is 2.13. The maximum atomic E-state index is 13.0. The third kappa shape index (κ3) is 3.08. The summed E-state index contributed by atoms with van der Waals surface area (Å²) >= 11 is 5.66. The van der Waals surface area contributed by atoms with Gasteiger partial charge < -0.3 is 15.4 Å². The van der Waals surface area contributed by atoms with Crippen molar-refractivity contribution in [3.8, 4) is 5.75 Å². The van der Waals surface area contributed by atoms with Crippen LogP contribution in [0.4, 0.5) is 20.6 Å². The first-order chi connectivity index (χ1) is 10.1.